The van der Waals surface area contributed by atoms with Crippen LogP contribution in [0.5, 0.6) is 0 Å². The summed E-state index contributed by atoms with van der Waals surface area (Å²) in [5.41, 5.74) is 0.396. The van der Waals surface area contributed by atoms with E-state index in [4.69, 9.17) is 52.5 Å². The van der Waals surface area contributed by atoms with Crippen LogP contribution in [0.1, 0.15) is 91.8 Å². The molecule has 0 aliphatic rings. The van der Waals surface area contributed by atoms with Crippen molar-refractivity contribution in [2.45, 2.75) is 71.1 Å². The fraction of sp³-hybridized carbons (Fsp3) is 0.789. The van der Waals surface area contributed by atoms with Crippen molar-refractivity contribution in [3.63, 3.8) is 0 Å². The molecule has 0 amide bonds. The van der Waals surface area contributed by atoms with Gasteiger partial charge in [0.2, 0.25) is 0 Å². The smallest absolute Gasteiger partial charge is 0.339 e. The van der Waals surface area contributed by atoms with Gasteiger partial charge >= 0.3 is 11.9 Å². The molecule has 0 saturated heterocycles. The average Bonchev–Trinajstić information content (AvgIpc) is 3.15. The van der Waals surface area contributed by atoms with E-state index in [1.165, 1.54) is 44.9 Å². The zero-order chi connectivity index (χ0) is 36.7. The van der Waals surface area contributed by atoms with Crippen LogP contribution in [0.15, 0.2) is 24.3 Å². The Morgan fingerprint density at radius 1 is 0.412 bits per heavy atom. The van der Waals surface area contributed by atoms with Crippen LogP contribution in [0.25, 0.3) is 0 Å². The summed E-state index contributed by atoms with van der Waals surface area (Å²) in [5.74, 6) is -1.10. The van der Waals surface area contributed by atoms with E-state index < -0.39 is 11.9 Å². The third kappa shape index (κ3) is 30.0. The van der Waals surface area contributed by atoms with Crippen LogP contribution in [-0.4, -0.2) is 143 Å². The molecular formula is C38H66O13. The predicted octanol–water partition coefficient (Wildman–Crippen LogP) is 5.05. The highest BCUT2D eigenvalue weighted by atomic mass is 16.6. The number of benzene rings is 1. The van der Waals surface area contributed by atoms with Crippen LogP contribution in [-0.2, 0) is 47.4 Å². The molecule has 0 aliphatic carbocycles. The Kier molecular flexibility index (Phi) is 34.5. The molecule has 0 spiro atoms. The van der Waals surface area contributed by atoms with Crippen LogP contribution in [0.3, 0.4) is 0 Å². The maximum absolute atomic E-state index is 12.6. The summed E-state index contributed by atoms with van der Waals surface area (Å²) in [6.07, 6.45) is 12.0. The topological polar surface area (TPSA) is 147 Å². The number of rotatable bonds is 39. The SMILES string of the molecule is CCCCCCCCCCCCOC(=O)c1ccccc1C(=O)OCCOCCOCCOCCOCCOCCOCCOCCOCCO. The Morgan fingerprint density at radius 2 is 0.706 bits per heavy atom. The Hall–Kier alpha value is -2.20. The lowest BCUT2D eigenvalue weighted by molar-refractivity contribution is -0.0249. The number of hydrogen-bond donors (Lipinski definition) is 1. The number of ether oxygens (including phenoxy) is 10. The molecule has 1 aromatic rings. The van der Waals surface area contributed by atoms with Crippen molar-refractivity contribution in [3.8, 4) is 0 Å². The maximum Gasteiger partial charge on any atom is 0.339 e. The second-order valence-electron chi connectivity index (χ2n) is 11.6. The van der Waals surface area contributed by atoms with E-state index in [-0.39, 0.29) is 30.9 Å². The van der Waals surface area contributed by atoms with Gasteiger partial charge in [-0.05, 0) is 18.6 Å². The number of unbranched alkanes of at least 4 members (excludes halogenated alkanes) is 9. The molecule has 51 heavy (non-hydrogen) atoms. The Labute approximate surface area is 305 Å². The van der Waals surface area contributed by atoms with Gasteiger partial charge in [-0.1, -0.05) is 76.8 Å². The molecule has 0 bridgehead atoms. The van der Waals surface area contributed by atoms with Gasteiger partial charge < -0.3 is 52.5 Å². The third-order valence-corrected chi connectivity index (χ3v) is 7.40. The molecule has 1 aromatic carbocycles. The second kappa shape index (κ2) is 37.6. The summed E-state index contributed by atoms with van der Waals surface area (Å²) in [6.45, 7) is 9.54. The highest BCUT2D eigenvalue weighted by molar-refractivity contribution is 6.03. The third-order valence-electron chi connectivity index (χ3n) is 7.40. The number of esters is 2. The number of aliphatic hydroxyl groups excluding tert-OH is 1. The minimum Gasteiger partial charge on any atom is -0.462 e. The molecule has 13 heteroatoms. The van der Waals surface area contributed by atoms with E-state index in [2.05, 4.69) is 6.92 Å². The fourth-order valence-electron chi connectivity index (χ4n) is 4.65. The van der Waals surface area contributed by atoms with E-state index in [9.17, 15) is 9.59 Å². The number of aliphatic hydroxyl groups is 1. The van der Waals surface area contributed by atoms with Gasteiger partial charge in [0.15, 0.2) is 0 Å². The highest BCUT2D eigenvalue weighted by Crippen LogP contribution is 2.14. The largest absolute Gasteiger partial charge is 0.462 e. The van der Waals surface area contributed by atoms with Crippen LogP contribution < -0.4 is 0 Å². The second-order valence-corrected chi connectivity index (χ2v) is 11.6. The van der Waals surface area contributed by atoms with Crippen molar-refractivity contribution in [3.05, 3.63) is 35.4 Å². The first kappa shape index (κ1) is 46.8. The van der Waals surface area contributed by atoms with Gasteiger partial charge in [0.25, 0.3) is 0 Å². The Balaban J connectivity index is 1.90. The number of hydrogen-bond acceptors (Lipinski definition) is 13. The molecule has 0 unspecified atom stereocenters. The zero-order valence-electron chi connectivity index (χ0n) is 31.2. The molecule has 0 radical (unpaired) electrons. The average molecular weight is 731 g/mol. The summed E-state index contributed by atoms with van der Waals surface area (Å²) < 4.78 is 53.9. The molecule has 0 atom stereocenters. The molecule has 0 heterocycles. The van der Waals surface area contributed by atoms with E-state index in [1.807, 2.05) is 0 Å². The minimum atomic E-state index is -0.587. The first-order valence-corrected chi connectivity index (χ1v) is 18.9. The predicted molar refractivity (Wildman–Crippen MR) is 192 cm³/mol. The standard InChI is InChI=1S/C38H66O13/c1-2-3-4-5-6-7-8-9-10-13-17-50-37(40)35-14-11-12-15-36(35)38(41)51-34-33-49-32-31-48-30-29-47-28-27-46-26-25-45-24-23-44-22-21-43-20-19-42-18-16-39/h11-12,14-15,39H,2-10,13,16-34H2,1H3. The van der Waals surface area contributed by atoms with Crippen molar-refractivity contribution in [2.24, 2.45) is 0 Å². The molecule has 0 aliphatic heterocycles. The van der Waals surface area contributed by atoms with Gasteiger partial charge in [0.1, 0.15) is 6.61 Å². The van der Waals surface area contributed by atoms with Gasteiger partial charge in [-0.25, -0.2) is 9.59 Å². The van der Waals surface area contributed by atoms with Crippen molar-refractivity contribution >= 4 is 11.9 Å². The van der Waals surface area contributed by atoms with Crippen LogP contribution >= 0.6 is 0 Å². The molecule has 296 valence electrons. The number of carbonyl (C=O) groups is 2. The van der Waals surface area contributed by atoms with Crippen molar-refractivity contribution < 1.29 is 62.1 Å². The molecule has 13 nitrogen and oxygen atoms in total. The van der Waals surface area contributed by atoms with Crippen LogP contribution in [0, 0.1) is 0 Å². The summed E-state index contributed by atoms with van der Waals surface area (Å²) in [4.78, 5) is 25.2. The van der Waals surface area contributed by atoms with Gasteiger partial charge in [-0.15, -0.1) is 0 Å². The van der Waals surface area contributed by atoms with Gasteiger partial charge in [0.05, 0.1) is 130 Å². The monoisotopic (exact) mass is 730 g/mol. The van der Waals surface area contributed by atoms with E-state index in [0.29, 0.717) is 106 Å². The van der Waals surface area contributed by atoms with E-state index in [1.54, 1.807) is 24.3 Å². The first-order chi connectivity index (χ1) is 25.2. The zero-order valence-corrected chi connectivity index (χ0v) is 31.2. The molecule has 0 saturated carbocycles. The van der Waals surface area contributed by atoms with Crippen molar-refractivity contribution in [1.29, 1.82) is 0 Å². The summed E-state index contributed by atoms with van der Waals surface area (Å²) in [6, 6.07) is 6.54. The van der Waals surface area contributed by atoms with Crippen molar-refractivity contribution in [2.75, 3.05) is 126 Å². The fourth-order valence-corrected chi connectivity index (χ4v) is 4.65. The van der Waals surface area contributed by atoms with Gasteiger partial charge in [-0.2, -0.15) is 0 Å². The first-order valence-electron chi connectivity index (χ1n) is 18.9. The van der Waals surface area contributed by atoms with Gasteiger partial charge in [-0.3, -0.25) is 0 Å². The minimum absolute atomic E-state index is 0.0159. The molecule has 0 aromatic heterocycles. The summed E-state index contributed by atoms with van der Waals surface area (Å²) in [5, 5.41) is 8.59. The molecular weight excluding hydrogens is 664 g/mol. The quantitative estimate of drug-likeness (QED) is 0.0713. The highest BCUT2D eigenvalue weighted by Gasteiger charge is 2.19. The Bertz CT molecular complexity index is 918. The molecule has 1 N–H and O–H groups in total. The maximum atomic E-state index is 12.6. The Morgan fingerprint density at radius 3 is 1.06 bits per heavy atom. The lowest BCUT2D eigenvalue weighted by atomic mass is 10.1. The van der Waals surface area contributed by atoms with E-state index >= 15 is 0 Å². The molecule has 1 rings (SSSR count). The number of carbonyl (C=O) groups excluding carboxylic acids is 2. The lowest BCUT2D eigenvalue weighted by Gasteiger charge is -2.10. The lowest BCUT2D eigenvalue weighted by Crippen LogP contribution is -2.17. The van der Waals surface area contributed by atoms with Crippen molar-refractivity contribution in [1.82, 2.24) is 0 Å². The summed E-state index contributed by atoms with van der Waals surface area (Å²) >= 11 is 0. The molecule has 0 fully saturated rings. The van der Waals surface area contributed by atoms with Gasteiger partial charge in [0, 0.05) is 0 Å². The normalized spacial score (nSPS) is 11.3. The summed E-state index contributed by atoms with van der Waals surface area (Å²) in [7, 11) is 0. The van der Waals surface area contributed by atoms with Crippen LogP contribution in [0.4, 0.5) is 0 Å². The van der Waals surface area contributed by atoms with Crippen LogP contribution in [0.2, 0.25) is 0 Å². The van der Waals surface area contributed by atoms with E-state index in [0.717, 1.165) is 19.3 Å².